The number of amides is 2. The van der Waals surface area contributed by atoms with E-state index in [2.05, 4.69) is 27.8 Å². The topological polar surface area (TPSA) is 58.6 Å². The molecule has 0 bridgehead atoms. The summed E-state index contributed by atoms with van der Waals surface area (Å²) in [5.74, 6) is 0.253. The Bertz CT molecular complexity index is 863. The van der Waals surface area contributed by atoms with Gasteiger partial charge >= 0.3 is 0 Å². The number of benzene rings is 2. The van der Waals surface area contributed by atoms with E-state index in [0.717, 1.165) is 10.0 Å². The van der Waals surface area contributed by atoms with Crippen molar-refractivity contribution in [1.29, 1.82) is 0 Å². The number of hydrogen-bond donors (Lipinski definition) is 1. The molecule has 0 aromatic heterocycles. The Morgan fingerprint density at radius 2 is 2.12 bits per heavy atom. The molecule has 1 aliphatic rings. The number of hydrogen-bond acceptors (Lipinski definition) is 3. The van der Waals surface area contributed by atoms with Crippen LogP contribution in [-0.2, 0) is 4.79 Å². The fourth-order valence-corrected chi connectivity index (χ4v) is 2.96. The van der Waals surface area contributed by atoms with Crippen molar-refractivity contribution < 1.29 is 14.3 Å². The van der Waals surface area contributed by atoms with Crippen LogP contribution in [-0.4, -0.2) is 25.0 Å². The van der Waals surface area contributed by atoms with Crippen molar-refractivity contribution in [2.45, 2.75) is 6.92 Å². The smallest absolute Gasteiger partial charge is 0.265 e. The van der Waals surface area contributed by atoms with E-state index in [4.69, 9.17) is 4.74 Å². The minimum atomic E-state index is -0.226. The molecular formula is C19H17BrN2O3. The van der Waals surface area contributed by atoms with Crippen molar-refractivity contribution in [1.82, 2.24) is 0 Å². The molecule has 0 saturated carbocycles. The summed E-state index contributed by atoms with van der Waals surface area (Å²) >= 11 is 3.35. The van der Waals surface area contributed by atoms with Gasteiger partial charge in [0.1, 0.15) is 5.75 Å². The molecule has 1 aliphatic heterocycles. The van der Waals surface area contributed by atoms with Gasteiger partial charge in [0.05, 0.1) is 5.69 Å². The van der Waals surface area contributed by atoms with Gasteiger partial charge < -0.3 is 15.0 Å². The SMILES string of the molecule is C=C(C)CN1C(=O)COc2ccc(NC(=O)c3cccc(Br)c3)cc21. The van der Waals surface area contributed by atoms with Crippen LogP contribution < -0.4 is 15.0 Å². The van der Waals surface area contributed by atoms with Crippen molar-refractivity contribution in [3.8, 4) is 5.75 Å². The van der Waals surface area contributed by atoms with Gasteiger partial charge in [0.2, 0.25) is 0 Å². The number of anilines is 2. The first kappa shape index (κ1) is 17.2. The van der Waals surface area contributed by atoms with Gasteiger partial charge in [-0.05, 0) is 43.3 Å². The summed E-state index contributed by atoms with van der Waals surface area (Å²) < 4.78 is 6.30. The average molecular weight is 401 g/mol. The lowest BCUT2D eigenvalue weighted by atomic mass is 10.1. The quantitative estimate of drug-likeness (QED) is 0.788. The van der Waals surface area contributed by atoms with Crippen molar-refractivity contribution in [3.05, 3.63) is 64.7 Å². The highest BCUT2D eigenvalue weighted by Crippen LogP contribution is 2.35. The fourth-order valence-electron chi connectivity index (χ4n) is 2.56. The van der Waals surface area contributed by atoms with E-state index in [1.807, 2.05) is 13.0 Å². The Hall–Kier alpha value is -2.60. The van der Waals surface area contributed by atoms with Crippen LogP contribution in [0.5, 0.6) is 5.75 Å². The normalized spacial score (nSPS) is 13.0. The van der Waals surface area contributed by atoms with Gasteiger partial charge in [0, 0.05) is 22.3 Å². The zero-order valence-electron chi connectivity index (χ0n) is 13.7. The molecular weight excluding hydrogens is 384 g/mol. The van der Waals surface area contributed by atoms with Gasteiger partial charge in [-0.1, -0.05) is 34.1 Å². The number of ether oxygens (including phenoxy) is 1. The lowest BCUT2D eigenvalue weighted by Crippen LogP contribution is -2.39. The summed E-state index contributed by atoms with van der Waals surface area (Å²) in [4.78, 5) is 26.2. The third kappa shape index (κ3) is 3.91. The second-order valence-corrected chi connectivity index (χ2v) is 6.79. The van der Waals surface area contributed by atoms with Crippen LogP contribution in [0.4, 0.5) is 11.4 Å². The minimum absolute atomic E-state index is 0.00400. The molecule has 0 fully saturated rings. The highest BCUT2D eigenvalue weighted by atomic mass is 79.9. The maximum Gasteiger partial charge on any atom is 0.265 e. The molecule has 1 heterocycles. The minimum Gasteiger partial charge on any atom is -0.482 e. The van der Waals surface area contributed by atoms with Gasteiger partial charge in [0.25, 0.3) is 11.8 Å². The van der Waals surface area contributed by atoms with Crippen LogP contribution in [0.3, 0.4) is 0 Å². The van der Waals surface area contributed by atoms with E-state index in [-0.39, 0.29) is 18.4 Å². The summed E-state index contributed by atoms with van der Waals surface area (Å²) in [6.45, 7) is 6.15. The first-order chi connectivity index (χ1) is 11.9. The number of nitrogens with zero attached hydrogens (tertiary/aromatic N) is 1. The molecule has 2 amide bonds. The third-order valence-corrected chi connectivity index (χ3v) is 4.17. The number of carbonyl (C=O) groups excluding carboxylic acids is 2. The van der Waals surface area contributed by atoms with E-state index < -0.39 is 0 Å². The van der Waals surface area contributed by atoms with Crippen molar-refractivity contribution in [3.63, 3.8) is 0 Å². The van der Waals surface area contributed by atoms with Crippen LogP contribution in [0, 0.1) is 0 Å². The maximum absolute atomic E-state index is 12.4. The monoisotopic (exact) mass is 400 g/mol. The fraction of sp³-hybridized carbons (Fsp3) is 0.158. The summed E-state index contributed by atoms with van der Waals surface area (Å²) in [7, 11) is 0. The van der Waals surface area contributed by atoms with Crippen LogP contribution in [0.2, 0.25) is 0 Å². The number of rotatable bonds is 4. The summed E-state index contributed by atoms with van der Waals surface area (Å²) in [6.07, 6.45) is 0. The number of halogens is 1. The molecule has 25 heavy (non-hydrogen) atoms. The van der Waals surface area contributed by atoms with Crippen molar-refractivity contribution >= 4 is 39.1 Å². The molecule has 0 atom stereocenters. The van der Waals surface area contributed by atoms with E-state index in [1.54, 1.807) is 41.3 Å². The molecule has 2 aromatic carbocycles. The molecule has 0 aliphatic carbocycles. The van der Waals surface area contributed by atoms with Crippen LogP contribution in [0.15, 0.2) is 59.1 Å². The Labute approximate surface area is 154 Å². The zero-order chi connectivity index (χ0) is 18.0. The maximum atomic E-state index is 12.4. The first-order valence-corrected chi connectivity index (χ1v) is 8.52. The lowest BCUT2D eigenvalue weighted by Gasteiger charge is -2.30. The number of nitrogens with one attached hydrogen (secondary N) is 1. The van der Waals surface area contributed by atoms with E-state index in [1.165, 1.54) is 0 Å². The van der Waals surface area contributed by atoms with Gasteiger partial charge in [-0.2, -0.15) is 0 Å². The van der Waals surface area contributed by atoms with Gasteiger partial charge in [0.15, 0.2) is 6.61 Å². The molecule has 3 rings (SSSR count). The van der Waals surface area contributed by atoms with Crippen LogP contribution in [0.1, 0.15) is 17.3 Å². The van der Waals surface area contributed by atoms with E-state index in [9.17, 15) is 9.59 Å². The molecule has 5 nitrogen and oxygen atoms in total. The molecule has 0 radical (unpaired) electrons. The molecule has 128 valence electrons. The number of fused-ring (bicyclic) bond motifs is 1. The second-order valence-electron chi connectivity index (χ2n) is 5.87. The van der Waals surface area contributed by atoms with Crippen LogP contribution in [0.25, 0.3) is 0 Å². The number of carbonyl (C=O) groups is 2. The summed E-state index contributed by atoms with van der Waals surface area (Å²) in [5, 5.41) is 2.85. The Balaban J connectivity index is 1.87. The first-order valence-electron chi connectivity index (χ1n) is 7.72. The second kappa shape index (κ2) is 7.11. The molecule has 2 aromatic rings. The van der Waals surface area contributed by atoms with Gasteiger partial charge in [-0.25, -0.2) is 0 Å². The Kier molecular flexibility index (Phi) is 4.90. The lowest BCUT2D eigenvalue weighted by molar-refractivity contribution is -0.121. The molecule has 0 spiro atoms. The summed E-state index contributed by atoms with van der Waals surface area (Å²) in [5.41, 5.74) is 2.63. The van der Waals surface area contributed by atoms with E-state index in [0.29, 0.717) is 29.2 Å². The third-order valence-electron chi connectivity index (χ3n) is 3.67. The van der Waals surface area contributed by atoms with E-state index >= 15 is 0 Å². The highest BCUT2D eigenvalue weighted by Gasteiger charge is 2.25. The molecule has 0 unspecified atom stereocenters. The highest BCUT2D eigenvalue weighted by molar-refractivity contribution is 9.10. The predicted octanol–water partition coefficient (Wildman–Crippen LogP) is 4.00. The summed E-state index contributed by atoms with van der Waals surface area (Å²) in [6, 6.07) is 12.4. The molecule has 6 heteroatoms. The largest absolute Gasteiger partial charge is 0.482 e. The van der Waals surface area contributed by atoms with Gasteiger partial charge in [-0.15, -0.1) is 0 Å². The zero-order valence-corrected chi connectivity index (χ0v) is 15.3. The molecule has 0 saturated heterocycles. The van der Waals surface area contributed by atoms with Crippen molar-refractivity contribution in [2.75, 3.05) is 23.4 Å². The Morgan fingerprint density at radius 1 is 1.32 bits per heavy atom. The van der Waals surface area contributed by atoms with Crippen LogP contribution >= 0.6 is 15.9 Å². The standard InChI is InChI=1S/C19H17BrN2O3/c1-12(2)10-22-16-9-15(6-7-17(16)25-11-18(22)23)21-19(24)13-4-3-5-14(20)8-13/h3-9H,1,10-11H2,2H3,(H,21,24). The predicted molar refractivity (Wildman–Crippen MR) is 101 cm³/mol. The average Bonchev–Trinajstić information content (AvgIpc) is 2.57. The van der Waals surface area contributed by atoms with Crippen molar-refractivity contribution in [2.24, 2.45) is 0 Å². The molecule has 1 N–H and O–H groups in total. The Morgan fingerprint density at radius 3 is 2.84 bits per heavy atom. The van der Waals surface area contributed by atoms with Gasteiger partial charge in [-0.3, -0.25) is 9.59 Å².